The van der Waals surface area contributed by atoms with Gasteiger partial charge in [0.25, 0.3) is 0 Å². The van der Waals surface area contributed by atoms with Gasteiger partial charge in [0.2, 0.25) is 6.41 Å². The highest BCUT2D eigenvalue weighted by Gasteiger charge is 2.35. The molecule has 1 aromatic carbocycles. The van der Waals surface area contributed by atoms with Gasteiger partial charge in [-0.25, -0.2) is 4.99 Å². The van der Waals surface area contributed by atoms with Crippen molar-refractivity contribution in [3.63, 3.8) is 0 Å². The zero-order valence-corrected chi connectivity index (χ0v) is 17.8. The van der Waals surface area contributed by atoms with Gasteiger partial charge in [-0.05, 0) is 44.7 Å². The van der Waals surface area contributed by atoms with Crippen molar-refractivity contribution in [2.75, 3.05) is 6.54 Å². The number of nitrogens with one attached hydrogen (secondary N) is 3. The predicted molar refractivity (Wildman–Crippen MR) is 119 cm³/mol. The zero-order chi connectivity index (χ0) is 20.4. The zero-order valence-electron chi connectivity index (χ0n) is 17.0. The minimum absolute atomic E-state index is 0.0271. The maximum atomic E-state index is 11.3. The highest BCUT2D eigenvalue weighted by Crippen LogP contribution is 2.39. The lowest BCUT2D eigenvalue weighted by Gasteiger charge is -2.24. The smallest absolute Gasteiger partial charge is 0.212 e. The first kappa shape index (κ1) is 19.8. The third kappa shape index (κ3) is 4.11. The molecule has 0 spiro atoms. The summed E-state index contributed by atoms with van der Waals surface area (Å²) in [5, 5.41) is 10.6. The summed E-state index contributed by atoms with van der Waals surface area (Å²) in [6.45, 7) is 7.25. The van der Waals surface area contributed by atoms with Crippen LogP contribution >= 0.6 is 11.3 Å². The van der Waals surface area contributed by atoms with Crippen molar-refractivity contribution in [1.29, 1.82) is 0 Å². The normalized spacial score (nSPS) is 25.8. The number of aliphatic imine (C=N–C) groups is 1. The van der Waals surface area contributed by atoms with Crippen LogP contribution < -0.4 is 16.1 Å². The fourth-order valence-corrected chi connectivity index (χ4v) is 5.26. The second-order valence-corrected chi connectivity index (χ2v) is 9.53. The minimum Gasteiger partial charge on any atom is -0.316 e. The summed E-state index contributed by atoms with van der Waals surface area (Å²) < 4.78 is 0. The highest BCUT2D eigenvalue weighted by atomic mass is 32.1. The lowest BCUT2D eigenvalue weighted by Crippen LogP contribution is -2.39. The predicted octanol–water partition coefficient (Wildman–Crippen LogP) is 3.43. The van der Waals surface area contributed by atoms with Crippen LogP contribution in [0.25, 0.3) is 0 Å². The van der Waals surface area contributed by atoms with E-state index in [4.69, 9.17) is 4.99 Å². The van der Waals surface area contributed by atoms with Crippen LogP contribution in [0.5, 0.6) is 0 Å². The van der Waals surface area contributed by atoms with Crippen LogP contribution in [0.1, 0.15) is 47.4 Å². The molecule has 0 saturated carbocycles. The Morgan fingerprint density at radius 3 is 2.83 bits per heavy atom. The quantitative estimate of drug-likeness (QED) is 0.402. The molecule has 1 aromatic heterocycles. The maximum Gasteiger partial charge on any atom is 0.212 e. The Bertz CT molecular complexity index is 934. The molecular weight excluding hydrogens is 382 g/mol. The molecule has 1 unspecified atom stereocenters. The van der Waals surface area contributed by atoms with E-state index in [1.54, 1.807) is 11.3 Å². The molecule has 2 aliphatic heterocycles. The molecule has 29 heavy (non-hydrogen) atoms. The first-order chi connectivity index (χ1) is 14.0. The Balaban J connectivity index is 1.56. The summed E-state index contributed by atoms with van der Waals surface area (Å²) in [5.41, 5.74) is 5.29. The monoisotopic (exact) mass is 409 g/mol. The van der Waals surface area contributed by atoms with Crippen LogP contribution in [0.3, 0.4) is 0 Å². The number of hydrogen-bond donors (Lipinski definition) is 3. The van der Waals surface area contributed by atoms with Gasteiger partial charge in [-0.2, -0.15) is 5.10 Å². The molecule has 152 valence electrons. The molecular formula is C22H27N5OS. The van der Waals surface area contributed by atoms with Gasteiger partial charge in [0.15, 0.2) is 0 Å². The first-order valence-electron chi connectivity index (χ1n) is 9.95. The molecule has 1 fully saturated rings. The number of carbonyl (C=O) groups is 1. The van der Waals surface area contributed by atoms with E-state index in [-0.39, 0.29) is 17.5 Å². The summed E-state index contributed by atoms with van der Waals surface area (Å²) in [5.74, 6) is 1.31. The third-order valence-corrected chi connectivity index (χ3v) is 6.87. The summed E-state index contributed by atoms with van der Waals surface area (Å²) >= 11 is 1.74. The van der Waals surface area contributed by atoms with Crippen LogP contribution in [-0.4, -0.2) is 36.6 Å². The summed E-state index contributed by atoms with van der Waals surface area (Å²) in [6, 6.07) is 12.6. The van der Waals surface area contributed by atoms with Gasteiger partial charge in [0.05, 0.1) is 23.2 Å². The van der Waals surface area contributed by atoms with Gasteiger partial charge in [0, 0.05) is 22.5 Å². The van der Waals surface area contributed by atoms with Gasteiger partial charge in [-0.1, -0.05) is 30.3 Å². The van der Waals surface area contributed by atoms with Crippen molar-refractivity contribution < 1.29 is 4.79 Å². The fourth-order valence-electron chi connectivity index (χ4n) is 4.05. The molecule has 2 aliphatic rings. The number of carbonyl (C=O) groups excluding carboxylic acids is 1. The molecule has 1 amide bonds. The van der Waals surface area contributed by atoms with Crippen LogP contribution in [0.4, 0.5) is 5.69 Å². The van der Waals surface area contributed by atoms with Gasteiger partial charge >= 0.3 is 0 Å². The van der Waals surface area contributed by atoms with E-state index >= 15 is 0 Å². The number of rotatable bonds is 5. The van der Waals surface area contributed by atoms with E-state index in [0.717, 1.165) is 29.9 Å². The van der Waals surface area contributed by atoms with E-state index < -0.39 is 0 Å². The number of nitrogens with zero attached hydrogens (tertiary/aromatic N) is 2. The second kappa shape index (κ2) is 8.08. The fraction of sp³-hybridized carbons (Fsp3) is 0.409. The molecule has 3 heterocycles. The molecule has 0 radical (unpaired) electrons. The molecule has 2 aromatic rings. The Morgan fingerprint density at radius 1 is 1.34 bits per heavy atom. The van der Waals surface area contributed by atoms with Gasteiger partial charge in [-0.15, -0.1) is 11.3 Å². The van der Waals surface area contributed by atoms with Crippen LogP contribution in [-0.2, 0) is 4.79 Å². The van der Waals surface area contributed by atoms with E-state index in [2.05, 4.69) is 72.3 Å². The number of hydrogen-bond acceptors (Lipinski definition) is 6. The Kier molecular flexibility index (Phi) is 5.52. The summed E-state index contributed by atoms with van der Waals surface area (Å²) in [4.78, 5) is 18.5. The molecule has 7 heteroatoms. The second-order valence-electron chi connectivity index (χ2n) is 8.24. The van der Waals surface area contributed by atoms with Gasteiger partial charge in [-0.3, -0.25) is 4.79 Å². The Hall–Kier alpha value is -2.51. The topological polar surface area (TPSA) is 77.9 Å². The van der Waals surface area contributed by atoms with E-state index in [9.17, 15) is 4.79 Å². The van der Waals surface area contributed by atoms with Crippen LogP contribution in [0.15, 0.2) is 46.5 Å². The number of aryl methyl sites for hydroxylation is 1. The maximum absolute atomic E-state index is 11.3. The number of benzene rings is 1. The van der Waals surface area contributed by atoms with Crippen molar-refractivity contribution in [3.05, 3.63) is 51.7 Å². The number of thiophene rings is 1. The van der Waals surface area contributed by atoms with E-state index in [1.807, 2.05) is 12.3 Å². The molecule has 1 saturated heterocycles. The molecule has 0 bridgehead atoms. The molecule has 4 rings (SSSR count). The van der Waals surface area contributed by atoms with Crippen molar-refractivity contribution in [1.82, 2.24) is 16.1 Å². The van der Waals surface area contributed by atoms with Crippen molar-refractivity contribution >= 4 is 35.5 Å². The van der Waals surface area contributed by atoms with E-state index in [1.165, 1.54) is 10.4 Å². The Morgan fingerprint density at radius 2 is 2.14 bits per heavy atom. The van der Waals surface area contributed by atoms with Gasteiger partial charge < -0.3 is 16.1 Å². The van der Waals surface area contributed by atoms with Crippen LogP contribution in [0, 0.1) is 6.92 Å². The number of amides is 1. The summed E-state index contributed by atoms with van der Waals surface area (Å²) in [6.07, 6.45) is 3.59. The van der Waals surface area contributed by atoms with Crippen LogP contribution in [0.2, 0.25) is 0 Å². The van der Waals surface area contributed by atoms with Gasteiger partial charge in [0.1, 0.15) is 5.84 Å². The molecule has 3 atom stereocenters. The van der Waals surface area contributed by atoms with Crippen molar-refractivity contribution in [2.45, 2.75) is 50.6 Å². The Labute approximate surface area is 175 Å². The molecule has 6 nitrogen and oxygen atoms in total. The third-order valence-electron chi connectivity index (χ3n) is 5.75. The molecule has 3 N–H and O–H groups in total. The lowest BCUT2D eigenvalue weighted by molar-refractivity contribution is -0.108. The minimum atomic E-state index is -0.113. The number of amidine groups is 1. The highest BCUT2D eigenvalue weighted by molar-refractivity contribution is 7.12. The van der Waals surface area contributed by atoms with Crippen molar-refractivity contribution in [2.24, 2.45) is 10.1 Å². The summed E-state index contributed by atoms with van der Waals surface area (Å²) in [7, 11) is 0. The molecule has 0 aliphatic carbocycles. The lowest BCUT2D eigenvalue weighted by atomic mass is 9.89. The first-order valence-corrected chi connectivity index (χ1v) is 10.8. The van der Waals surface area contributed by atoms with Crippen molar-refractivity contribution in [3.8, 4) is 0 Å². The number of hydrazone groups is 1. The SMILES string of the molecule is Cc1sc(C2C=NNC2(C)C)cc1N=C(NC=O)[C@@H]1C[C@H](c2ccccc2)CN1. The van der Waals surface area contributed by atoms with E-state index in [0.29, 0.717) is 11.8 Å². The average molecular weight is 410 g/mol. The largest absolute Gasteiger partial charge is 0.316 e. The average Bonchev–Trinajstić information content (AvgIpc) is 3.41. The standard InChI is InChI=1S/C22H27N5OS/c1-14-18(10-20(29-14)17-12-25-27-22(17,2)3)26-21(24-13-28)19-9-16(11-23-19)15-7-5-4-6-8-15/h4-8,10,12-13,16-17,19,23,27H,9,11H2,1-3H3,(H,24,26,28)/t16-,17?,19-/m0/s1.